The van der Waals surface area contributed by atoms with Gasteiger partial charge in [0, 0.05) is 4.88 Å². The van der Waals surface area contributed by atoms with Crippen molar-refractivity contribution in [1.29, 1.82) is 0 Å². The van der Waals surface area contributed by atoms with Crippen LogP contribution in [0, 0.1) is 36.5 Å². The fourth-order valence-electron chi connectivity index (χ4n) is 4.59. The predicted molar refractivity (Wildman–Crippen MR) is 76.7 cm³/mol. The first-order chi connectivity index (χ1) is 8.16. The van der Waals surface area contributed by atoms with Crippen molar-refractivity contribution in [1.82, 2.24) is 0 Å². The Balaban J connectivity index is 1.57. The van der Waals surface area contributed by atoms with Crippen molar-refractivity contribution in [3.63, 3.8) is 0 Å². The maximum atomic E-state index is 6.74. The summed E-state index contributed by atoms with van der Waals surface area (Å²) in [5.41, 5.74) is 1.34. The zero-order valence-electron chi connectivity index (χ0n) is 9.83. The number of rotatable bonds is 2. The van der Waals surface area contributed by atoms with Gasteiger partial charge in [-0.05, 0) is 83.3 Å². The van der Waals surface area contributed by atoms with Crippen LogP contribution in [0.5, 0.6) is 0 Å². The molecule has 3 heteroatoms. The molecular formula is C14H16BrClS. The fraction of sp³-hybridized carbons (Fsp3) is 0.714. The maximum absolute atomic E-state index is 6.74. The fourth-order valence-corrected chi connectivity index (χ4v) is 6.73. The molecule has 0 radical (unpaired) electrons. The van der Waals surface area contributed by atoms with Crippen molar-refractivity contribution < 1.29 is 0 Å². The molecule has 3 aliphatic rings. The van der Waals surface area contributed by atoms with Gasteiger partial charge in [-0.3, -0.25) is 0 Å². The van der Waals surface area contributed by atoms with Gasteiger partial charge >= 0.3 is 0 Å². The smallest absolute Gasteiger partial charge is 0.0731 e. The van der Waals surface area contributed by atoms with Gasteiger partial charge in [0.15, 0.2) is 0 Å². The molecule has 5 atom stereocenters. The highest BCUT2D eigenvalue weighted by molar-refractivity contribution is 9.11. The molecule has 2 bridgehead atoms. The van der Waals surface area contributed by atoms with Crippen LogP contribution in [0.25, 0.3) is 0 Å². The molecule has 1 aromatic rings. The Morgan fingerprint density at radius 2 is 2.00 bits per heavy atom. The summed E-state index contributed by atoms with van der Waals surface area (Å²) in [7, 11) is 0. The van der Waals surface area contributed by atoms with Gasteiger partial charge in [0.1, 0.15) is 0 Å². The van der Waals surface area contributed by atoms with Crippen LogP contribution >= 0.6 is 38.9 Å². The van der Waals surface area contributed by atoms with Gasteiger partial charge in [0.05, 0.1) is 9.16 Å². The first kappa shape index (κ1) is 11.3. The Bertz CT molecular complexity index is 433. The molecule has 3 aliphatic carbocycles. The van der Waals surface area contributed by atoms with Gasteiger partial charge in [-0.25, -0.2) is 0 Å². The Kier molecular flexibility index (Phi) is 2.49. The number of aryl methyl sites for hydroxylation is 1. The third-order valence-corrected chi connectivity index (χ3v) is 8.16. The van der Waals surface area contributed by atoms with Crippen molar-refractivity contribution in [2.75, 3.05) is 0 Å². The van der Waals surface area contributed by atoms with E-state index in [1.54, 1.807) is 0 Å². The molecule has 0 N–H and O–H groups in total. The van der Waals surface area contributed by atoms with Crippen LogP contribution in [-0.2, 0) is 0 Å². The quantitative estimate of drug-likeness (QED) is 0.637. The summed E-state index contributed by atoms with van der Waals surface area (Å²) in [5.74, 6) is 4.82. The van der Waals surface area contributed by atoms with E-state index >= 15 is 0 Å². The van der Waals surface area contributed by atoms with E-state index in [2.05, 4.69) is 28.9 Å². The summed E-state index contributed by atoms with van der Waals surface area (Å²) in [6, 6.07) is 2.28. The number of fused-ring (bicyclic) bond motifs is 5. The SMILES string of the molecule is Cc1cc(C(Cl)C2C3C4CCC(C4)C32)sc1Br. The van der Waals surface area contributed by atoms with Crippen LogP contribution in [0.2, 0.25) is 0 Å². The molecule has 17 heavy (non-hydrogen) atoms. The first-order valence-corrected chi connectivity index (χ1v) is 8.61. The molecular weight excluding hydrogens is 316 g/mol. The first-order valence-electron chi connectivity index (χ1n) is 6.56. The van der Waals surface area contributed by atoms with E-state index in [1.165, 1.54) is 33.5 Å². The molecule has 0 aromatic carbocycles. The number of thiophene rings is 1. The third-order valence-electron chi connectivity index (χ3n) is 5.28. The molecule has 4 rings (SSSR count). The summed E-state index contributed by atoms with van der Waals surface area (Å²) in [4.78, 5) is 1.38. The van der Waals surface area contributed by atoms with Gasteiger partial charge in [0.25, 0.3) is 0 Å². The van der Waals surface area contributed by atoms with E-state index in [1.807, 2.05) is 11.3 Å². The molecule has 0 nitrogen and oxygen atoms in total. The highest BCUT2D eigenvalue weighted by atomic mass is 79.9. The average Bonchev–Trinajstić information content (AvgIpc) is 2.60. The highest BCUT2D eigenvalue weighted by Crippen LogP contribution is 2.73. The number of alkyl halides is 1. The van der Waals surface area contributed by atoms with Crippen LogP contribution < -0.4 is 0 Å². The minimum Gasteiger partial charge on any atom is -0.131 e. The van der Waals surface area contributed by atoms with Crippen molar-refractivity contribution >= 4 is 38.9 Å². The van der Waals surface area contributed by atoms with E-state index < -0.39 is 0 Å². The number of hydrogen-bond acceptors (Lipinski definition) is 1. The average molecular weight is 332 g/mol. The summed E-state index contributed by atoms with van der Waals surface area (Å²) in [6.07, 6.45) is 4.49. The van der Waals surface area contributed by atoms with Crippen molar-refractivity contribution in [2.45, 2.75) is 31.6 Å². The molecule has 3 saturated carbocycles. The van der Waals surface area contributed by atoms with Crippen molar-refractivity contribution in [3.05, 3.63) is 20.3 Å². The monoisotopic (exact) mass is 330 g/mol. The van der Waals surface area contributed by atoms with Crippen LogP contribution in [0.3, 0.4) is 0 Å². The zero-order chi connectivity index (χ0) is 11.7. The molecule has 0 spiro atoms. The normalized spacial score (nSPS) is 43.8. The van der Waals surface area contributed by atoms with Gasteiger partial charge < -0.3 is 0 Å². The summed E-state index contributed by atoms with van der Waals surface area (Å²) in [5, 5.41) is 0.281. The molecule has 3 fully saturated rings. The van der Waals surface area contributed by atoms with E-state index in [-0.39, 0.29) is 5.38 Å². The van der Waals surface area contributed by atoms with Crippen molar-refractivity contribution in [3.8, 4) is 0 Å². The lowest BCUT2D eigenvalue weighted by Gasteiger charge is -2.12. The largest absolute Gasteiger partial charge is 0.131 e. The lowest BCUT2D eigenvalue weighted by Crippen LogP contribution is -2.02. The van der Waals surface area contributed by atoms with Crippen molar-refractivity contribution in [2.24, 2.45) is 29.6 Å². The molecule has 0 aliphatic heterocycles. The second kappa shape index (κ2) is 3.74. The third kappa shape index (κ3) is 1.53. The molecule has 5 unspecified atom stereocenters. The Hall–Kier alpha value is 0.470. The van der Waals surface area contributed by atoms with Crippen LogP contribution in [0.15, 0.2) is 9.85 Å². The van der Waals surface area contributed by atoms with E-state index in [9.17, 15) is 0 Å². The van der Waals surface area contributed by atoms with E-state index in [4.69, 9.17) is 11.6 Å². The van der Waals surface area contributed by atoms with Gasteiger partial charge in [0.2, 0.25) is 0 Å². The standard InChI is InChI=1S/C14H16BrClS/c1-6-4-9(17-14(6)15)13(16)12-10-7-2-3-8(5-7)11(10)12/h4,7-8,10-13H,2-3,5H2,1H3. The van der Waals surface area contributed by atoms with Crippen LogP contribution in [0.1, 0.15) is 35.1 Å². The Labute approximate surface area is 120 Å². The predicted octanol–water partition coefficient (Wildman–Crippen LogP) is 5.39. The van der Waals surface area contributed by atoms with Gasteiger partial charge in [-0.2, -0.15) is 0 Å². The maximum Gasteiger partial charge on any atom is 0.0731 e. The lowest BCUT2D eigenvalue weighted by molar-refractivity contribution is 0.456. The summed E-state index contributed by atoms with van der Waals surface area (Å²) >= 11 is 12.2. The molecule has 0 saturated heterocycles. The molecule has 1 aromatic heterocycles. The van der Waals surface area contributed by atoms with Crippen LogP contribution in [-0.4, -0.2) is 0 Å². The topological polar surface area (TPSA) is 0 Å². The number of hydrogen-bond donors (Lipinski definition) is 0. The number of halogens is 2. The summed E-state index contributed by atoms with van der Waals surface area (Å²) < 4.78 is 1.26. The molecule has 0 amide bonds. The van der Waals surface area contributed by atoms with Gasteiger partial charge in [-0.15, -0.1) is 22.9 Å². The van der Waals surface area contributed by atoms with Crippen LogP contribution in [0.4, 0.5) is 0 Å². The second-order valence-corrected chi connectivity index (χ2v) is 8.94. The minimum absolute atomic E-state index is 0.281. The summed E-state index contributed by atoms with van der Waals surface area (Å²) in [6.45, 7) is 2.16. The lowest BCUT2D eigenvalue weighted by atomic mass is 9.99. The Morgan fingerprint density at radius 1 is 1.35 bits per heavy atom. The van der Waals surface area contributed by atoms with Gasteiger partial charge in [-0.1, -0.05) is 0 Å². The molecule has 1 heterocycles. The zero-order valence-corrected chi connectivity index (χ0v) is 13.0. The second-order valence-electron chi connectivity index (χ2n) is 6.07. The molecule has 92 valence electrons. The highest BCUT2D eigenvalue weighted by Gasteiger charge is 2.66. The van der Waals surface area contributed by atoms with E-state index in [0.29, 0.717) is 0 Å². The minimum atomic E-state index is 0.281. The van der Waals surface area contributed by atoms with E-state index in [0.717, 1.165) is 29.6 Å². The Morgan fingerprint density at radius 3 is 2.53 bits per heavy atom.